The van der Waals surface area contributed by atoms with Gasteiger partial charge in [0.2, 0.25) is 0 Å². The second kappa shape index (κ2) is 9.72. The van der Waals surface area contributed by atoms with Gasteiger partial charge in [-0.2, -0.15) is 5.26 Å². The van der Waals surface area contributed by atoms with Crippen molar-refractivity contribution < 1.29 is 0 Å². The van der Waals surface area contributed by atoms with Crippen LogP contribution in [0.15, 0.2) is 60.7 Å². The molecule has 0 amide bonds. The molecule has 0 saturated carbocycles. The van der Waals surface area contributed by atoms with Gasteiger partial charge in [0.1, 0.15) is 0 Å². The van der Waals surface area contributed by atoms with Crippen LogP contribution in [0.4, 0.5) is 0 Å². The Labute approximate surface area is 181 Å². The van der Waals surface area contributed by atoms with Gasteiger partial charge in [0.05, 0.1) is 11.6 Å². The van der Waals surface area contributed by atoms with E-state index in [9.17, 15) is 5.26 Å². The number of hydrogen-bond donors (Lipinski definition) is 0. The zero-order valence-electron chi connectivity index (χ0n) is 18.8. The van der Waals surface area contributed by atoms with Crippen LogP contribution in [-0.2, 0) is 12.8 Å². The fourth-order valence-corrected chi connectivity index (χ4v) is 4.27. The number of rotatable bonds is 7. The Bertz CT molecular complexity index is 1040. The SMILES string of the molecule is Cc1ccccc1C(C)Cc1cccc(C(C)Cc2cccc(C(C)C)n2)c1C#N. The van der Waals surface area contributed by atoms with Crippen LogP contribution in [0.25, 0.3) is 0 Å². The molecule has 0 radical (unpaired) electrons. The summed E-state index contributed by atoms with van der Waals surface area (Å²) in [4.78, 5) is 4.83. The maximum atomic E-state index is 10.0. The third kappa shape index (κ3) is 4.97. The summed E-state index contributed by atoms with van der Waals surface area (Å²) in [5.41, 5.74) is 7.99. The summed E-state index contributed by atoms with van der Waals surface area (Å²) in [6, 6.07) is 23.7. The van der Waals surface area contributed by atoms with Crippen LogP contribution in [0.5, 0.6) is 0 Å². The molecular formula is C28H32N2. The highest BCUT2D eigenvalue weighted by atomic mass is 14.7. The minimum absolute atomic E-state index is 0.239. The highest BCUT2D eigenvalue weighted by molar-refractivity contribution is 5.47. The lowest BCUT2D eigenvalue weighted by atomic mass is 9.85. The van der Waals surface area contributed by atoms with E-state index in [0.717, 1.165) is 40.9 Å². The van der Waals surface area contributed by atoms with Crippen LogP contribution in [0.1, 0.15) is 84.7 Å². The lowest BCUT2D eigenvalue weighted by Gasteiger charge is -2.19. The number of aromatic nitrogens is 1. The van der Waals surface area contributed by atoms with Crippen molar-refractivity contribution in [2.75, 3.05) is 0 Å². The molecule has 0 fully saturated rings. The molecule has 2 atom stereocenters. The summed E-state index contributed by atoms with van der Waals surface area (Å²) < 4.78 is 0. The van der Waals surface area contributed by atoms with Crippen molar-refractivity contribution in [3.8, 4) is 6.07 Å². The quantitative estimate of drug-likeness (QED) is 0.428. The van der Waals surface area contributed by atoms with Crippen molar-refractivity contribution in [3.63, 3.8) is 0 Å². The van der Waals surface area contributed by atoms with Crippen molar-refractivity contribution >= 4 is 0 Å². The maximum Gasteiger partial charge on any atom is 0.0997 e. The van der Waals surface area contributed by atoms with E-state index in [1.54, 1.807) is 0 Å². The van der Waals surface area contributed by atoms with Gasteiger partial charge in [-0.05, 0) is 71.9 Å². The topological polar surface area (TPSA) is 36.7 Å². The summed E-state index contributed by atoms with van der Waals surface area (Å²) in [6.07, 6.45) is 1.71. The molecule has 0 aliphatic rings. The molecule has 3 rings (SSSR count). The summed E-state index contributed by atoms with van der Waals surface area (Å²) in [6.45, 7) is 11.0. The molecule has 0 N–H and O–H groups in total. The van der Waals surface area contributed by atoms with Gasteiger partial charge in [-0.15, -0.1) is 0 Å². The monoisotopic (exact) mass is 396 g/mol. The Morgan fingerprint density at radius 3 is 2.17 bits per heavy atom. The van der Waals surface area contributed by atoms with Crippen LogP contribution in [0.3, 0.4) is 0 Å². The second-order valence-electron chi connectivity index (χ2n) is 8.77. The number of nitriles is 1. The molecule has 154 valence electrons. The van der Waals surface area contributed by atoms with Gasteiger partial charge < -0.3 is 0 Å². The Morgan fingerprint density at radius 1 is 0.800 bits per heavy atom. The number of aryl methyl sites for hydroxylation is 1. The summed E-state index contributed by atoms with van der Waals surface area (Å²) in [7, 11) is 0. The first kappa shape index (κ1) is 21.8. The predicted octanol–water partition coefficient (Wildman–Crippen LogP) is 7.08. The van der Waals surface area contributed by atoms with E-state index < -0.39 is 0 Å². The van der Waals surface area contributed by atoms with E-state index in [4.69, 9.17) is 4.98 Å². The molecule has 2 aromatic carbocycles. The van der Waals surface area contributed by atoms with Gasteiger partial charge >= 0.3 is 0 Å². The summed E-state index contributed by atoms with van der Waals surface area (Å²) in [5, 5.41) is 10.0. The maximum absolute atomic E-state index is 10.0. The third-order valence-electron chi connectivity index (χ3n) is 6.01. The molecule has 0 spiro atoms. The number of benzene rings is 2. The van der Waals surface area contributed by atoms with Crippen LogP contribution >= 0.6 is 0 Å². The smallest absolute Gasteiger partial charge is 0.0997 e. The Hall–Kier alpha value is -2.92. The molecule has 2 nitrogen and oxygen atoms in total. The molecule has 30 heavy (non-hydrogen) atoms. The van der Waals surface area contributed by atoms with Crippen molar-refractivity contribution in [1.29, 1.82) is 5.26 Å². The first-order valence-electron chi connectivity index (χ1n) is 10.9. The van der Waals surface area contributed by atoms with Crippen molar-refractivity contribution in [2.45, 2.75) is 65.2 Å². The minimum atomic E-state index is 0.239. The molecular weight excluding hydrogens is 364 g/mol. The number of nitrogens with zero attached hydrogens (tertiary/aromatic N) is 2. The van der Waals surface area contributed by atoms with Crippen LogP contribution < -0.4 is 0 Å². The zero-order valence-corrected chi connectivity index (χ0v) is 18.8. The van der Waals surface area contributed by atoms with E-state index >= 15 is 0 Å². The van der Waals surface area contributed by atoms with Crippen LogP contribution in [0.2, 0.25) is 0 Å². The Kier molecular flexibility index (Phi) is 7.06. The minimum Gasteiger partial charge on any atom is -0.258 e. The normalized spacial score (nSPS) is 13.1. The second-order valence-corrected chi connectivity index (χ2v) is 8.77. The average molecular weight is 397 g/mol. The van der Waals surface area contributed by atoms with Gasteiger partial charge in [-0.25, -0.2) is 0 Å². The third-order valence-corrected chi connectivity index (χ3v) is 6.01. The van der Waals surface area contributed by atoms with Gasteiger partial charge in [0.15, 0.2) is 0 Å². The first-order valence-corrected chi connectivity index (χ1v) is 10.9. The van der Waals surface area contributed by atoms with Crippen molar-refractivity contribution in [2.24, 2.45) is 0 Å². The molecule has 2 unspecified atom stereocenters. The van der Waals surface area contributed by atoms with Gasteiger partial charge in [0.25, 0.3) is 0 Å². The summed E-state index contributed by atoms with van der Waals surface area (Å²) in [5.74, 6) is 1.03. The van der Waals surface area contributed by atoms with Crippen LogP contribution in [0, 0.1) is 18.3 Å². The molecule has 0 aliphatic carbocycles. The highest BCUT2D eigenvalue weighted by Gasteiger charge is 2.18. The van der Waals surface area contributed by atoms with Crippen molar-refractivity contribution in [3.05, 3.63) is 99.9 Å². The van der Waals surface area contributed by atoms with Gasteiger partial charge in [0, 0.05) is 11.4 Å². The molecule has 2 heteroatoms. The van der Waals surface area contributed by atoms with E-state index in [1.165, 1.54) is 11.1 Å². The zero-order chi connectivity index (χ0) is 21.7. The van der Waals surface area contributed by atoms with Crippen molar-refractivity contribution in [1.82, 2.24) is 4.98 Å². The molecule has 1 aromatic heterocycles. The Balaban J connectivity index is 1.85. The lowest BCUT2D eigenvalue weighted by Crippen LogP contribution is -2.08. The lowest BCUT2D eigenvalue weighted by molar-refractivity contribution is 0.714. The van der Waals surface area contributed by atoms with Crippen LogP contribution in [-0.4, -0.2) is 4.98 Å². The highest BCUT2D eigenvalue weighted by Crippen LogP contribution is 2.30. The van der Waals surface area contributed by atoms with E-state index in [1.807, 2.05) is 0 Å². The summed E-state index contributed by atoms with van der Waals surface area (Å²) >= 11 is 0. The largest absolute Gasteiger partial charge is 0.258 e. The van der Waals surface area contributed by atoms with E-state index in [0.29, 0.717) is 11.8 Å². The first-order chi connectivity index (χ1) is 14.4. The standard InChI is InChI=1S/C28H32N2/c1-19(2)28-15-9-12-24(30-28)17-22(5)26-14-8-11-23(27(26)18-29)16-21(4)25-13-7-6-10-20(25)3/h6-15,19,21-22H,16-17H2,1-5H3. The van der Waals surface area contributed by atoms with Gasteiger partial charge in [-0.3, -0.25) is 4.98 Å². The Morgan fingerprint density at radius 2 is 1.47 bits per heavy atom. The molecule has 1 heterocycles. The average Bonchev–Trinajstić information content (AvgIpc) is 2.74. The van der Waals surface area contributed by atoms with Gasteiger partial charge in [-0.1, -0.05) is 76.2 Å². The molecule has 0 saturated heterocycles. The van der Waals surface area contributed by atoms with E-state index in [2.05, 4.69) is 101 Å². The predicted molar refractivity (Wildman–Crippen MR) is 125 cm³/mol. The molecule has 3 aromatic rings. The fraction of sp³-hybridized carbons (Fsp3) is 0.357. The molecule has 0 aliphatic heterocycles. The van der Waals surface area contributed by atoms with E-state index in [-0.39, 0.29) is 5.92 Å². The number of hydrogen-bond acceptors (Lipinski definition) is 2. The number of pyridine rings is 1. The molecule has 0 bridgehead atoms. The fourth-order valence-electron chi connectivity index (χ4n) is 4.27.